The first-order valence-electron chi connectivity index (χ1n) is 6.76. The SMILES string of the molecule is CCCc1ccc(C(NC)c2ccc(Br)cc2)cc1. The molecule has 0 spiro atoms. The molecule has 0 radical (unpaired) electrons. The van der Waals surface area contributed by atoms with Crippen molar-refractivity contribution in [3.63, 3.8) is 0 Å². The fourth-order valence-electron chi connectivity index (χ4n) is 2.35. The van der Waals surface area contributed by atoms with Gasteiger partial charge in [-0.1, -0.05) is 65.7 Å². The molecule has 0 aliphatic rings. The summed E-state index contributed by atoms with van der Waals surface area (Å²) in [5, 5.41) is 3.39. The molecule has 19 heavy (non-hydrogen) atoms. The van der Waals surface area contributed by atoms with Crippen LogP contribution >= 0.6 is 15.9 Å². The molecule has 0 fully saturated rings. The van der Waals surface area contributed by atoms with Crippen molar-refractivity contribution in [2.75, 3.05) is 7.05 Å². The Bertz CT molecular complexity index is 502. The largest absolute Gasteiger partial charge is 0.309 e. The number of nitrogens with one attached hydrogen (secondary N) is 1. The Hall–Kier alpha value is -1.12. The molecule has 0 aliphatic carbocycles. The minimum atomic E-state index is 0.253. The first-order chi connectivity index (χ1) is 9.24. The lowest BCUT2D eigenvalue weighted by atomic mass is 9.97. The summed E-state index contributed by atoms with van der Waals surface area (Å²) in [6, 6.07) is 17.7. The molecule has 100 valence electrons. The second kappa shape index (κ2) is 6.88. The highest BCUT2D eigenvalue weighted by molar-refractivity contribution is 9.10. The minimum absolute atomic E-state index is 0.253. The van der Waals surface area contributed by atoms with Gasteiger partial charge in [-0.2, -0.15) is 0 Å². The summed E-state index contributed by atoms with van der Waals surface area (Å²) < 4.78 is 1.12. The lowest BCUT2D eigenvalue weighted by molar-refractivity contribution is 0.691. The number of hydrogen-bond acceptors (Lipinski definition) is 1. The van der Waals surface area contributed by atoms with Crippen LogP contribution in [0.25, 0.3) is 0 Å². The summed E-state index contributed by atoms with van der Waals surface area (Å²) in [7, 11) is 2.01. The fraction of sp³-hybridized carbons (Fsp3) is 0.294. The van der Waals surface area contributed by atoms with Crippen LogP contribution in [0.4, 0.5) is 0 Å². The zero-order valence-electron chi connectivity index (χ0n) is 11.5. The highest BCUT2D eigenvalue weighted by Gasteiger charge is 2.11. The third-order valence-corrected chi connectivity index (χ3v) is 3.87. The van der Waals surface area contributed by atoms with Crippen molar-refractivity contribution in [2.24, 2.45) is 0 Å². The molecule has 0 saturated carbocycles. The first-order valence-corrected chi connectivity index (χ1v) is 7.55. The molecule has 1 atom stereocenters. The van der Waals surface area contributed by atoms with Gasteiger partial charge in [-0.05, 0) is 42.3 Å². The van der Waals surface area contributed by atoms with E-state index < -0.39 is 0 Å². The lowest BCUT2D eigenvalue weighted by Gasteiger charge is -2.17. The van der Waals surface area contributed by atoms with Crippen molar-refractivity contribution >= 4 is 15.9 Å². The van der Waals surface area contributed by atoms with E-state index in [1.807, 2.05) is 7.05 Å². The lowest BCUT2D eigenvalue weighted by Crippen LogP contribution is -2.17. The molecule has 0 aromatic heterocycles. The van der Waals surface area contributed by atoms with E-state index in [2.05, 4.69) is 76.7 Å². The highest BCUT2D eigenvalue weighted by Crippen LogP contribution is 2.23. The maximum absolute atomic E-state index is 3.48. The van der Waals surface area contributed by atoms with Gasteiger partial charge in [0.25, 0.3) is 0 Å². The smallest absolute Gasteiger partial charge is 0.0574 e. The monoisotopic (exact) mass is 317 g/mol. The molecule has 2 heteroatoms. The second-order valence-corrected chi connectivity index (χ2v) is 5.68. The summed E-state index contributed by atoms with van der Waals surface area (Å²) in [5.74, 6) is 0. The standard InChI is InChI=1S/C17H20BrN/c1-3-4-13-5-7-14(8-6-13)17(19-2)15-9-11-16(18)12-10-15/h5-12,17,19H,3-4H2,1-2H3. The maximum atomic E-state index is 3.48. The van der Waals surface area contributed by atoms with Crippen molar-refractivity contribution < 1.29 is 0 Å². The van der Waals surface area contributed by atoms with E-state index in [4.69, 9.17) is 0 Å². The van der Waals surface area contributed by atoms with Gasteiger partial charge in [-0.3, -0.25) is 0 Å². The van der Waals surface area contributed by atoms with Gasteiger partial charge in [0.15, 0.2) is 0 Å². The minimum Gasteiger partial charge on any atom is -0.309 e. The van der Waals surface area contributed by atoms with Crippen LogP contribution in [0.3, 0.4) is 0 Å². The Morgan fingerprint density at radius 2 is 1.47 bits per heavy atom. The molecule has 2 aromatic rings. The highest BCUT2D eigenvalue weighted by atomic mass is 79.9. The predicted octanol–water partition coefficient (Wildman–Crippen LogP) is 4.71. The summed E-state index contributed by atoms with van der Waals surface area (Å²) in [5.41, 5.74) is 4.01. The second-order valence-electron chi connectivity index (χ2n) is 4.76. The Labute approximate surface area is 124 Å². The number of benzene rings is 2. The van der Waals surface area contributed by atoms with E-state index in [1.54, 1.807) is 0 Å². The molecule has 1 N–H and O–H groups in total. The zero-order chi connectivity index (χ0) is 13.7. The first kappa shape index (κ1) is 14.3. The summed E-state index contributed by atoms with van der Waals surface area (Å²) in [4.78, 5) is 0. The third-order valence-electron chi connectivity index (χ3n) is 3.34. The van der Waals surface area contributed by atoms with Crippen molar-refractivity contribution in [1.29, 1.82) is 0 Å². The van der Waals surface area contributed by atoms with E-state index in [1.165, 1.54) is 23.1 Å². The average Bonchev–Trinajstić information content (AvgIpc) is 2.44. The number of hydrogen-bond donors (Lipinski definition) is 1. The predicted molar refractivity (Wildman–Crippen MR) is 85.5 cm³/mol. The van der Waals surface area contributed by atoms with Gasteiger partial charge >= 0.3 is 0 Å². The molecule has 0 amide bonds. The van der Waals surface area contributed by atoms with E-state index in [0.717, 1.165) is 10.9 Å². The molecule has 2 rings (SSSR count). The average molecular weight is 318 g/mol. The molecular formula is C17H20BrN. The molecule has 1 nitrogen and oxygen atoms in total. The Kier molecular flexibility index (Phi) is 5.17. The number of rotatable bonds is 5. The van der Waals surface area contributed by atoms with Crippen LogP contribution in [-0.4, -0.2) is 7.05 Å². The quantitative estimate of drug-likeness (QED) is 0.842. The Morgan fingerprint density at radius 1 is 0.947 bits per heavy atom. The van der Waals surface area contributed by atoms with Crippen LogP contribution in [0.2, 0.25) is 0 Å². The van der Waals surface area contributed by atoms with Gasteiger partial charge in [0.2, 0.25) is 0 Å². The van der Waals surface area contributed by atoms with Crippen molar-refractivity contribution in [3.8, 4) is 0 Å². The van der Waals surface area contributed by atoms with E-state index in [0.29, 0.717) is 0 Å². The van der Waals surface area contributed by atoms with Crippen LogP contribution < -0.4 is 5.32 Å². The zero-order valence-corrected chi connectivity index (χ0v) is 13.1. The van der Waals surface area contributed by atoms with Gasteiger partial charge in [0.05, 0.1) is 6.04 Å². The van der Waals surface area contributed by atoms with E-state index in [-0.39, 0.29) is 6.04 Å². The molecule has 0 saturated heterocycles. The molecule has 0 bridgehead atoms. The molecule has 1 unspecified atom stereocenters. The molecule has 2 aromatic carbocycles. The number of aryl methyl sites for hydroxylation is 1. The summed E-state index contributed by atoms with van der Waals surface area (Å²) >= 11 is 3.48. The van der Waals surface area contributed by atoms with Gasteiger partial charge in [-0.25, -0.2) is 0 Å². The van der Waals surface area contributed by atoms with Gasteiger partial charge in [0.1, 0.15) is 0 Å². The van der Waals surface area contributed by atoms with Crippen LogP contribution in [0.1, 0.15) is 36.1 Å². The summed E-state index contributed by atoms with van der Waals surface area (Å²) in [6.07, 6.45) is 2.35. The maximum Gasteiger partial charge on any atom is 0.0574 e. The van der Waals surface area contributed by atoms with E-state index in [9.17, 15) is 0 Å². The Balaban J connectivity index is 2.23. The van der Waals surface area contributed by atoms with Gasteiger partial charge in [-0.15, -0.1) is 0 Å². The molecule has 0 heterocycles. The van der Waals surface area contributed by atoms with Crippen molar-refractivity contribution in [3.05, 3.63) is 69.7 Å². The fourth-order valence-corrected chi connectivity index (χ4v) is 2.61. The Morgan fingerprint density at radius 3 is 1.95 bits per heavy atom. The van der Waals surface area contributed by atoms with Crippen molar-refractivity contribution in [2.45, 2.75) is 25.8 Å². The van der Waals surface area contributed by atoms with Gasteiger partial charge < -0.3 is 5.32 Å². The third kappa shape index (κ3) is 3.68. The topological polar surface area (TPSA) is 12.0 Å². The number of halogens is 1. The summed E-state index contributed by atoms with van der Waals surface area (Å²) in [6.45, 7) is 2.21. The molecule has 0 aliphatic heterocycles. The van der Waals surface area contributed by atoms with Gasteiger partial charge in [0, 0.05) is 4.47 Å². The van der Waals surface area contributed by atoms with Crippen LogP contribution in [-0.2, 0) is 6.42 Å². The van der Waals surface area contributed by atoms with Crippen LogP contribution in [0, 0.1) is 0 Å². The normalized spacial score (nSPS) is 12.4. The van der Waals surface area contributed by atoms with Crippen molar-refractivity contribution in [1.82, 2.24) is 5.32 Å². The van der Waals surface area contributed by atoms with Crippen LogP contribution in [0.5, 0.6) is 0 Å². The van der Waals surface area contributed by atoms with E-state index >= 15 is 0 Å². The molecular weight excluding hydrogens is 298 g/mol. The van der Waals surface area contributed by atoms with Crippen LogP contribution in [0.15, 0.2) is 53.0 Å².